The molecule has 1 fully saturated rings. The molecular formula is C16H15FINO2S. The monoisotopic (exact) mass is 431 g/mol. The molecule has 1 N–H and O–H groups in total. The highest BCUT2D eigenvalue weighted by atomic mass is 127. The molecule has 0 saturated carbocycles. The topological polar surface area (TPSA) is 46.2 Å². The molecule has 1 heterocycles. The van der Waals surface area contributed by atoms with E-state index in [1.54, 1.807) is 0 Å². The van der Waals surface area contributed by atoms with Gasteiger partial charge in [-0.25, -0.2) is 12.8 Å². The lowest BCUT2D eigenvalue weighted by molar-refractivity contribution is 0.536. The number of nitrogens with one attached hydrogen (secondary N) is 1. The first-order valence-corrected chi connectivity index (χ1v) is 9.49. The van der Waals surface area contributed by atoms with Crippen LogP contribution in [0.4, 0.5) is 4.39 Å². The number of hydrogen-bond acceptors (Lipinski definition) is 3. The Balaban J connectivity index is 2.14. The van der Waals surface area contributed by atoms with Crippen LogP contribution in [0.3, 0.4) is 0 Å². The van der Waals surface area contributed by atoms with Crippen LogP contribution >= 0.6 is 22.6 Å². The van der Waals surface area contributed by atoms with E-state index in [4.69, 9.17) is 0 Å². The van der Waals surface area contributed by atoms with Crippen molar-refractivity contribution in [2.45, 2.75) is 16.1 Å². The van der Waals surface area contributed by atoms with Crippen molar-refractivity contribution in [1.29, 1.82) is 0 Å². The van der Waals surface area contributed by atoms with Gasteiger partial charge < -0.3 is 5.32 Å². The number of rotatable bonds is 3. The summed E-state index contributed by atoms with van der Waals surface area (Å²) >= 11 is 2.19. The van der Waals surface area contributed by atoms with E-state index in [9.17, 15) is 12.8 Å². The van der Waals surface area contributed by atoms with Crippen LogP contribution in [0.15, 0.2) is 53.4 Å². The van der Waals surface area contributed by atoms with E-state index in [1.165, 1.54) is 24.3 Å². The molecule has 3 rings (SSSR count). The van der Waals surface area contributed by atoms with Crippen molar-refractivity contribution in [3.05, 3.63) is 63.5 Å². The maximum absolute atomic E-state index is 13.2. The van der Waals surface area contributed by atoms with E-state index in [0.29, 0.717) is 19.5 Å². The third-order valence-corrected chi connectivity index (χ3v) is 7.35. The van der Waals surface area contributed by atoms with Crippen LogP contribution in [0.2, 0.25) is 0 Å². The van der Waals surface area contributed by atoms with Crippen LogP contribution in [0.1, 0.15) is 12.0 Å². The molecule has 0 aliphatic carbocycles. The molecule has 6 heteroatoms. The van der Waals surface area contributed by atoms with E-state index < -0.39 is 20.4 Å². The Kier molecular flexibility index (Phi) is 4.26. The standard InChI is InChI=1S/C16H15FINO2S/c17-13-3-7-15(8-4-13)22(20,21)16(9-10-19-11-16)12-1-5-14(18)6-2-12/h1-8,19H,9-11H2. The van der Waals surface area contributed by atoms with Gasteiger partial charge in [-0.2, -0.15) is 0 Å². The van der Waals surface area contributed by atoms with Gasteiger partial charge in [-0.3, -0.25) is 0 Å². The van der Waals surface area contributed by atoms with Crippen molar-refractivity contribution in [2.75, 3.05) is 13.1 Å². The van der Waals surface area contributed by atoms with Crippen LogP contribution < -0.4 is 5.32 Å². The molecule has 2 aromatic rings. The second kappa shape index (κ2) is 5.90. The van der Waals surface area contributed by atoms with E-state index in [0.717, 1.165) is 9.13 Å². The lowest BCUT2D eigenvalue weighted by Gasteiger charge is -2.29. The predicted molar refractivity (Wildman–Crippen MR) is 91.9 cm³/mol. The number of hydrogen-bond donors (Lipinski definition) is 1. The van der Waals surface area contributed by atoms with Crippen molar-refractivity contribution in [2.24, 2.45) is 0 Å². The number of halogens is 2. The van der Waals surface area contributed by atoms with Crippen LogP contribution in [-0.4, -0.2) is 21.5 Å². The first-order valence-electron chi connectivity index (χ1n) is 6.93. The molecule has 0 spiro atoms. The van der Waals surface area contributed by atoms with Gasteiger partial charge in [0.05, 0.1) is 4.90 Å². The van der Waals surface area contributed by atoms with Gasteiger partial charge in [-0.05, 0) is 77.5 Å². The van der Waals surface area contributed by atoms with E-state index >= 15 is 0 Å². The fourth-order valence-electron chi connectivity index (χ4n) is 2.89. The summed E-state index contributed by atoms with van der Waals surface area (Å²) in [6.07, 6.45) is 0.507. The fourth-order valence-corrected chi connectivity index (χ4v) is 5.31. The summed E-state index contributed by atoms with van der Waals surface area (Å²) in [5.74, 6) is -0.438. The highest BCUT2D eigenvalue weighted by Crippen LogP contribution is 2.40. The van der Waals surface area contributed by atoms with Gasteiger partial charge in [0, 0.05) is 10.1 Å². The predicted octanol–water partition coefficient (Wildman–Crippen LogP) is 3.09. The van der Waals surface area contributed by atoms with Crippen LogP contribution in [0.25, 0.3) is 0 Å². The molecule has 0 radical (unpaired) electrons. The average Bonchev–Trinajstić information content (AvgIpc) is 3.00. The summed E-state index contributed by atoms with van der Waals surface area (Å²) in [6, 6.07) is 12.6. The zero-order valence-electron chi connectivity index (χ0n) is 11.7. The van der Waals surface area contributed by atoms with Gasteiger partial charge in [0.15, 0.2) is 9.84 Å². The number of benzene rings is 2. The van der Waals surface area contributed by atoms with Gasteiger partial charge in [-0.1, -0.05) is 12.1 Å². The van der Waals surface area contributed by atoms with Crippen molar-refractivity contribution < 1.29 is 12.8 Å². The van der Waals surface area contributed by atoms with Crippen LogP contribution in [0.5, 0.6) is 0 Å². The Hall–Kier alpha value is -0.990. The summed E-state index contributed by atoms with van der Waals surface area (Å²) in [5, 5.41) is 3.16. The first-order chi connectivity index (χ1) is 10.5. The molecule has 1 saturated heterocycles. The Labute approximate surface area is 143 Å². The van der Waals surface area contributed by atoms with Gasteiger partial charge in [-0.15, -0.1) is 0 Å². The lowest BCUT2D eigenvalue weighted by Crippen LogP contribution is -2.38. The highest BCUT2D eigenvalue weighted by molar-refractivity contribution is 14.1. The van der Waals surface area contributed by atoms with Gasteiger partial charge in [0.1, 0.15) is 10.6 Å². The molecule has 1 atom stereocenters. The number of sulfone groups is 1. The van der Waals surface area contributed by atoms with Gasteiger partial charge >= 0.3 is 0 Å². The van der Waals surface area contributed by atoms with Crippen LogP contribution in [0, 0.1) is 9.39 Å². The third kappa shape index (κ3) is 2.57. The van der Waals surface area contributed by atoms with Crippen molar-refractivity contribution in [3.8, 4) is 0 Å². The van der Waals surface area contributed by atoms with Crippen molar-refractivity contribution in [3.63, 3.8) is 0 Å². The summed E-state index contributed by atoms with van der Waals surface area (Å²) in [5.41, 5.74) is 0.780. The second-order valence-corrected chi connectivity index (χ2v) is 8.89. The Morgan fingerprint density at radius 1 is 1.05 bits per heavy atom. The minimum atomic E-state index is -3.61. The molecule has 2 aromatic carbocycles. The van der Waals surface area contributed by atoms with Gasteiger partial charge in [0.25, 0.3) is 0 Å². The average molecular weight is 431 g/mol. The maximum Gasteiger partial charge on any atom is 0.189 e. The molecule has 1 unspecified atom stereocenters. The van der Waals surface area contributed by atoms with E-state index in [-0.39, 0.29) is 4.90 Å². The largest absolute Gasteiger partial charge is 0.315 e. The van der Waals surface area contributed by atoms with Crippen molar-refractivity contribution in [1.82, 2.24) is 5.32 Å². The van der Waals surface area contributed by atoms with Crippen molar-refractivity contribution >= 4 is 32.4 Å². The highest BCUT2D eigenvalue weighted by Gasteiger charge is 2.48. The minimum absolute atomic E-state index is 0.163. The third-order valence-electron chi connectivity index (χ3n) is 4.12. The molecule has 22 heavy (non-hydrogen) atoms. The summed E-state index contributed by atoms with van der Waals surface area (Å²) in [7, 11) is -3.61. The normalized spacial score (nSPS) is 21.9. The Bertz CT molecular complexity index is 767. The molecular weight excluding hydrogens is 416 g/mol. The van der Waals surface area contributed by atoms with Crippen LogP contribution in [-0.2, 0) is 14.6 Å². The zero-order chi connectivity index (χ0) is 15.8. The Morgan fingerprint density at radius 3 is 2.23 bits per heavy atom. The molecule has 1 aliphatic rings. The molecule has 0 bridgehead atoms. The lowest BCUT2D eigenvalue weighted by atomic mass is 9.97. The maximum atomic E-state index is 13.2. The quantitative estimate of drug-likeness (QED) is 0.601. The summed E-state index contributed by atoms with van der Waals surface area (Å²) in [4.78, 5) is 0.163. The molecule has 116 valence electrons. The molecule has 0 amide bonds. The summed E-state index contributed by atoms with van der Waals surface area (Å²) < 4.78 is 39.6. The molecule has 3 nitrogen and oxygen atoms in total. The zero-order valence-corrected chi connectivity index (χ0v) is 14.7. The van der Waals surface area contributed by atoms with Gasteiger partial charge in [0.2, 0.25) is 0 Å². The minimum Gasteiger partial charge on any atom is -0.315 e. The Morgan fingerprint density at radius 2 is 1.68 bits per heavy atom. The summed E-state index contributed by atoms with van der Waals surface area (Å²) in [6.45, 7) is 1.01. The molecule has 0 aromatic heterocycles. The SMILES string of the molecule is O=S(=O)(c1ccc(F)cc1)C1(c2ccc(I)cc2)CCNC1. The van der Waals surface area contributed by atoms with E-state index in [2.05, 4.69) is 27.9 Å². The smallest absolute Gasteiger partial charge is 0.189 e. The first kappa shape index (κ1) is 15.9. The second-order valence-electron chi connectivity index (χ2n) is 5.39. The van der Waals surface area contributed by atoms with E-state index in [1.807, 2.05) is 24.3 Å². The molecule has 1 aliphatic heterocycles. The fraction of sp³-hybridized carbons (Fsp3) is 0.250.